The quantitative estimate of drug-likeness (QED) is 0.0169. The third kappa shape index (κ3) is 79.6. The first kappa shape index (κ1) is 104. The Hall–Kier alpha value is -2.46. The highest BCUT2D eigenvalue weighted by atomic mass is 31.2. The van der Waals surface area contributed by atoms with Crippen molar-refractivity contribution in [1.29, 1.82) is 0 Å². The van der Waals surface area contributed by atoms with Crippen LogP contribution in [0.25, 0.3) is 0 Å². The van der Waals surface area contributed by atoms with Crippen molar-refractivity contribution in [3.05, 3.63) is 24.3 Å². The number of phosphoric ester groups is 2. The average Bonchev–Trinajstić information content (AvgIpc) is 0.877. The number of aliphatic hydroxyl groups is 1. The molecule has 2 unspecified atom stereocenters. The summed E-state index contributed by atoms with van der Waals surface area (Å²) in [5.41, 5.74) is 0. The first-order chi connectivity index (χ1) is 51.7. The molecule has 0 amide bonds. The molecule has 0 heterocycles. The monoisotopic (exact) mass is 1550 g/mol. The van der Waals surface area contributed by atoms with Crippen LogP contribution in [0.15, 0.2) is 24.3 Å². The second-order valence-corrected chi connectivity index (χ2v) is 33.5. The predicted octanol–water partition coefficient (Wildman–Crippen LogP) is 26.5. The zero-order valence-corrected chi connectivity index (χ0v) is 70.7. The van der Waals surface area contributed by atoms with E-state index in [4.69, 9.17) is 37.0 Å². The van der Waals surface area contributed by atoms with E-state index >= 15 is 0 Å². The fourth-order valence-electron chi connectivity index (χ4n) is 13.1. The molecule has 5 atom stereocenters. The van der Waals surface area contributed by atoms with Crippen LogP contribution in [0.3, 0.4) is 0 Å². The summed E-state index contributed by atoms with van der Waals surface area (Å²) in [5.74, 6) is -2.12. The van der Waals surface area contributed by atoms with Crippen LogP contribution in [0.4, 0.5) is 0 Å². The van der Waals surface area contributed by atoms with Gasteiger partial charge in [-0.05, 0) is 57.8 Å². The number of rotatable bonds is 86. The number of allylic oxidation sites excluding steroid dienone is 4. The smallest absolute Gasteiger partial charge is 0.462 e. The molecular weight excluding hydrogens is 1380 g/mol. The average molecular weight is 1550 g/mol. The van der Waals surface area contributed by atoms with Gasteiger partial charge in [0.1, 0.15) is 19.3 Å². The Labute approximate surface area is 650 Å². The third-order valence-corrected chi connectivity index (χ3v) is 21.9. The van der Waals surface area contributed by atoms with Gasteiger partial charge in [0.25, 0.3) is 0 Å². The maximum Gasteiger partial charge on any atom is 0.472 e. The lowest BCUT2D eigenvalue weighted by molar-refractivity contribution is -0.161. The van der Waals surface area contributed by atoms with Crippen LogP contribution in [0, 0.1) is 0 Å². The maximum absolute atomic E-state index is 13.1. The molecule has 0 aromatic carbocycles. The molecule has 0 bridgehead atoms. The highest BCUT2D eigenvalue weighted by Crippen LogP contribution is 2.45. The van der Waals surface area contributed by atoms with E-state index in [0.717, 1.165) is 116 Å². The van der Waals surface area contributed by atoms with Gasteiger partial charge in [-0.15, -0.1) is 0 Å². The zero-order chi connectivity index (χ0) is 77.4. The first-order valence-corrected chi connectivity index (χ1v) is 47.6. The van der Waals surface area contributed by atoms with Crippen molar-refractivity contribution in [2.24, 2.45) is 0 Å². The maximum atomic E-state index is 13.1. The predicted molar refractivity (Wildman–Crippen MR) is 437 cm³/mol. The molecule has 0 aliphatic heterocycles. The van der Waals surface area contributed by atoms with E-state index in [1.807, 2.05) is 0 Å². The fourth-order valence-corrected chi connectivity index (χ4v) is 14.7. The molecular formula is C87H166O17P2. The number of unbranched alkanes of at least 4 members (excludes halogenated alkanes) is 56. The van der Waals surface area contributed by atoms with Crippen LogP contribution in [-0.2, 0) is 65.4 Å². The molecule has 0 radical (unpaired) electrons. The Balaban J connectivity index is 5.30. The van der Waals surface area contributed by atoms with Crippen molar-refractivity contribution in [3.8, 4) is 0 Å². The minimum atomic E-state index is -4.97. The van der Waals surface area contributed by atoms with Gasteiger partial charge in [-0.2, -0.15) is 0 Å². The topological polar surface area (TPSA) is 237 Å². The Kier molecular flexibility index (Phi) is 78.7. The van der Waals surface area contributed by atoms with Gasteiger partial charge in [-0.3, -0.25) is 37.3 Å². The molecule has 0 saturated heterocycles. The second-order valence-electron chi connectivity index (χ2n) is 30.6. The van der Waals surface area contributed by atoms with Crippen LogP contribution in [-0.4, -0.2) is 96.7 Å². The lowest BCUT2D eigenvalue weighted by Crippen LogP contribution is -2.30. The van der Waals surface area contributed by atoms with Gasteiger partial charge < -0.3 is 33.8 Å². The molecule has 106 heavy (non-hydrogen) atoms. The van der Waals surface area contributed by atoms with Crippen LogP contribution < -0.4 is 0 Å². The van der Waals surface area contributed by atoms with Crippen LogP contribution in [0.5, 0.6) is 0 Å². The number of carbonyl (C=O) groups is 4. The first-order valence-electron chi connectivity index (χ1n) is 44.6. The molecule has 19 heteroatoms. The molecule has 0 aromatic rings. The van der Waals surface area contributed by atoms with Crippen molar-refractivity contribution in [2.45, 2.75) is 470 Å². The van der Waals surface area contributed by atoms with E-state index in [-0.39, 0.29) is 25.7 Å². The minimum Gasteiger partial charge on any atom is -0.462 e. The van der Waals surface area contributed by atoms with E-state index < -0.39 is 97.5 Å². The third-order valence-electron chi connectivity index (χ3n) is 19.9. The number of phosphoric acid groups is 2. The lowest BCUT2D eigenvalue weighted by Gasteiger charge is -2.21. The molecule has 0 aliphatic carbocycles. The molecule has 0 rings (SSSR count). The van der Waals surface area contributed by atoms with Crippen molar-refractivity contribution in [3.63, 3.8) is 0 Å². The van der Waals surface area contributed by atoms with Crippen molar-refractivity contribution in [1.82, 2.24) is 0 Å². The van der Waals surface area contributed by atoms with Gasteiger partial charge in [-0.25, -0.2) is 9.13 Å². The second kappa shape index (κ2) is 80.6. The van der Waals surface area contributed by atoms with Gasteiger partial charge in [0.2, 0.25) is 0 Å². The summed E-state index contributed by atoms with van der Waals surface area (Å²) < 4.78 is 68.9. The Morgan fingerprint density at radius 2 is 0.462 bits per heavy atom. The van der Waals surface area contributed by atoms with Gasteiger partial charge in [-0.1, -0.05) is 392 Å². The highest BCUT2D eigenvalue weighted by molar-refractivity contribution is 7.47. The molecule has 0 aliphatic rings. The summed E-state index contributed by atoms with van der Waals surface area (Å²) in [4.78, 5) is 73.3. The van der Waals surface area contributed by atoms with E-state index in [2.05, 4.69) is 52.0 Å². The molecule has 17 nitrogen and oxygen atoms in total. The van der Waals surface area contributed by atoms with Gasteiger partial charge >= 0.3 is 39.5 Å². The molecule has 0 saturated carbocycles. The van der Waals surface area contributed by atoms with Crippen LogP contribution in [0.2, 0.25) is 0 Å². The van der Waals surface area contributed by atoms with Crippen molar-refractivity contribution < 1.29 is 80.2 Å². The summed E-state index contributed by atoms with van der Waals surface area (Å²) in [5, 5.41) is 10.7. The molecule has 626 valence electrons. The number of carbonyl (C=O) groups excluding carboxylic acids is 4. The fraction of sp³-hybridized carbons (Fsp3) is 0.908. The number of hydrogen-bond donors (Lipinski definition) is 3. The normalized spacial score (nSPS) is 13.8. The Morgan fingerprint density at radius 3 is 0.717 bits per heavy atom. The SMILES string of the molecule is CCCCC/C=C\C/C=C\CCCCCCCC(=O)OC[C@H](COP(=O)(O)OC[C@@H](O)COP(=O)(O)OC[C@@H](COC(=O)CCCCCCCCCCCCCCCCCCC)OC(=O)CCCCCCCCCCCCCCCCCCC)OC(=O)CCCCCCCCCCCCCCCCCCC. The van der Waals surface area contributed by atoms with Crippen molar-refractivity contribution in [2.75, 3.05) is 39.6 Å². The van der Waals surface area contributed by atoms with E-state index in [0.29, 0.717) is 25.7 Å². The molecule has 0 aromatic heterocycles. The van der Waals surface area contributed by atoms with Gasteiger partial charge in [0, 0.05) is 25.7 Å². The van der Waals surface area contributed by atoms with Crippen molar-refractivity contribution >= 4 is 39.5 Å². The standard InChI is InChI=1S/C87H166O17P2/c1-5-9-13-17-21-25-29-33-37-40-44-48-52-56-60-64-68-72-85(90)98-78-83(104-87(92)74-70-66-62-58-54-50-46-42-39-35-31-27-23-19-15-11-7-3)80-102-106(95,96)100-76-81(88)75-99-105(93,94)101-79-82(77-97-84(89)71-67-63-59-55-51-47-43-36-32-28-24-20-16-12-8-4)103-86(91)73-69-65-61-57-53-49-45-41-38-34-30-26-22-18-14-10-6-2/h24,28,36,43,81-83,88H,5-23,25-27,29-35,37-42,44-80H2,1-4H3,(H,93,94)(H,95,96)/b28-24-,43-36-/t81-,82-,83-/m1/s1. The lowest BCUT2D eigenvalue weighted by atomic mass is 10.0. The van der Waals surface area contributed by atoms with Gasteiger partial charge in [0.15, 0.2) is 12.2 Å². The summed E-state index contributed by atoms with van der Waals surface area (Å²) in [6.07, 6.45) is 78.4. The largest absolute Gasteiger partial charge is 0.472 e. The molecule has 0 fully saturated rings. The number of ether oxygens (including phenoxy) is 4. The number of aliphatic hydroxyl groups excluding tert-OH is 1. The number of esters is 4. The number of hydrogen-bond acceptors (Lipinski definition) is 15. The summed E-state index contributed by atoms with van der Waals surface area (Å²) in [7, 11) is -9.94. The van der Waals surface area contributed by atoms with Crippen LogP contribution >= 0.6 is 15.6 Å². The summed E-state index contributed by atoms with van der Waals surface area (Å²) in [6, 6.07) is 0. The Bertz CT molecular complexity index is 2090. The van der Waals surface area contributed by atoms with Crippen LogP contribution in [0.1, 0.15) is 451 Å². The summed E-state index contributed by atoms with van der Waals surface area (Å²) in [6.45, 7) is 5.01. The molecule has 3 N–H and O–H groups in total. The Morgan fingerprint density at radius 1 is 0.264 bits per heavy atom. The van der Waals surface area contributed by atoms with E-state index in [9.17, 15) is 43.2 Å². The summed E-state index contributed by atoms with van der Waals surface area (Å²) >= 11 is 0. The van der Waals surface area contributed by atoms with Gasteiger partial charge in [0.05, 0.1) is 26.4 Å². The zero-order valence-electron chi connectivity index (χ0n) is 68.9. The van der Waals surface area contributed by atoms with E-state index in [1.54, 1.807) is 0 Å². The van der Waals surface area contributed by atoms with E-state index in [1.165, 1.54) is 257 Å². The highest BCUT2D eigenvalue weighted by Gasteiger charge is 2.30. The minimum absolute atomic E-state index is 0.103. The molecule has 0 spiro atoms.